The fraction of sp³-hybridized carbons (Fsp3) is 0.536. The molecule has 1 aliphatic carbocycles. The Balaban J connectivity index is 1.32. The number of nitrogen functional groups attached to an aromatic ring is 1. The number of rotatable bonds is 5. The normalized spacial score (nSPS) is 24.6. The Morgan fingerprint density at radius 3 is 2.57 bits per heavy atom. The van der Waals surface area contributed by atoms with Gasteiger partial charge in [-0.2, -0.15) is 9.97 Å². The molecule has 4 aliphatic rings. The number of piperidine rings is 1. The van der Waals surface area contributed by atoms with Crippen LogP contribution in [0.15, 0.2) is 24.4 Å². The van der Waals surface area contributed by atoms with E-state index in [2.05, 4.69) is 19.8 Å². The zero-order chi connectivity index (χ0) is 25.1. The van der Waals surface area contributed by atoms with Gasteiger partial charge in [-0.05, 0) is 75.9 Å². The van der Waals surface area contributed by atoms with E-state index < -0.39 is 11.6 Å². The number of hydrogen-bond acceptors (Lipinski definition) is 7. The van der Waals surface area contributed by atoms with Crippen molar-refractivity contribution < 1.29 is 13.5 Å². The van der Waals surface area contributed by atoms with Gasteiger partial charge in [-0.25, -0.2) is 8.78 Å². The molecule has 1 saturated carbocycles. The van der Waals surface area contributed by atoms with E-state index >= 15 is 4.39 Å². The van der Waals surface area contributed by atoms with Crippen molar-refractivity contribution in [3.8, 4) is 17.3 Å². The van der Waals surface area contributed by atoms with Crippen LogP contribution in [0.2, 0.25) is 0 Å². The Bertz CT molecular complexity index is 1340. The molecule has 2 bridgehead atoms. The van der Waals surface area contributed by atoms with Crippen LogP contribution in [0.25, 0.3) is 22.2 Å². The monoisotopic (exact) mass is 506 g/mol. The molecule has 5 heterocycles. The number of halogens is 2. The lowest BCUT2D eigenvalue weighted by Crippen LogP contribution is -2.43. The number of ether oxygens (including phenoxy) is 1. The second kappa shape index (κ2) is 8.75. The van der Waals surface area contributed by atoms with Gasteiger partial charge >= 0.3 is 6.01 Å². The molecule has 9 heteroatoms. The molecule has 2 unspecified atom stereocenters. The fourth-order valence-electron chi connectivity index (χ4n) is 7.30. The van der Waals surface area contributed by atoms with Crippen LogP contribution < -0.4 is 15.4 Å². The lowest BCUT2D eigenvalue weighted by Gasteiger charge is -2.34. The summed E-state index contributed by atoms with van der Waals surface area (Å²) in [5.74, 6) is 0.689. The van der Waals surface area contributed by atoms with Crippen molar-refractivity contribution in [3.05, 3.63) is 36.0 Å². The number of anilines is 2. The second-order valence-corrected chi connectivity index (χ2v) is 11.4. The molecule has 194 valence electrons. The van der Waals surface area contributed by atoms with E-state index in [1.54, 1.807) is 12.3 Å². The molecule has 2 aromatic heterocycles. The number of aromatic nitrogens is 3. The number of fused-ring (bicyclic) bond motifs is 4. The first-order valence-electron chi connectivity index (χ1n) is 13.5. The average Bonchev–Trinajstić information content (AvgIpc) is 3.58. The maximum absolute atomic E-state index is 16.1. The summed E-state index contributed by atoms with van der Waals surface area (Å²) in [6.45, 7) is 4.48. The highest BCUT2D eigenvalue weighted by atomic mass is 19.1. The van der Waals surface area contributed by atoms with Gasteiger partial charge in [0.25, 0.3) is 0 Å². The first-order chi connectivity index (χ1) is 18.0. The van der Waals surface area contributed by atoms with E-state index in [4.69, 9.17) is 15.5 Å². The Kier molecular flexibility index (Phi) is 5.46. The minimum Gasteiger partial charge on any atom is -0.461 e. The van der Waals surface area contributed by atoms with Crippen molar-refractivity contribution in [1.82, 2.24) is 19.9 Å². The van der Waals surface area contributed by atoms with Crippen LogP contribution in [0.5, 0.6) is 6.01 Å². The largest absolute Gasteiger partial charge is 0.461 e. The molecular formula is C28H32F2N6O. The molecule has 0 amide bonds. The van der Waals surface area contributed by atoms with Gasteiger partial charge in [-0.1, -0.05) is 12.1 Å². The average molecular weight is 507 g/mol. The van der Waals surface area contributed by atoms with E-state index in [0.717, 1.165) is 39.0 Å². The van der Waals surface area contributed by atoms with Gasteiger partial charge < -0.3 is 15.4 Å². The van der Waals surface area contributed by atoms with Crippen molar-refractivity contribution in [1.29, 1.82) is 0 Å². The fourth-order valence-corrected chi connectivity index (χ4v) is 7.30. The highest BCUT2D eigenvalue weighted by Crippen LogP contribution is 2.42. The molecule has 2 atom stereocenters. The standard InChI is InChI=1S/C28H32F2N6O/c29-21-5-1-4-19(23(21)31)24-22(30)25-20(13-32-24)26(35-14-17-6-7-18(12-17)15-35)34-27(33-25)37-16-28-8-2-10-36(28)11-3-9-28/h1,4-5,13,17-18H,2-3,6-12,14-16,31H2. The number of pyridine rings is 1. The van der Waals surface area contributed by atoms with Crippen molar-refractivity contribution in [2.45, 2.75) is 50.5 Å². The van der Waals surface area contributed by atoms with Gasteiger partial charge in [-0.15, -0.1) is 0 Å². The Labute approximate surface area is 215 Å². The molecule has 0 radical (unpaired) electrons. The summed E-state index contributed by atoms with van der Waals surface area (Å²) in [6.07, 6.45) is 9.83. The summed E-state index contributed by atoms with van der Waals surface area (Å²) in [5.41, 5.74) is 6.19. The molecular weight excluding hydrogens is 474 g/mol. The van der Waals surface area contributed by atoms with E-state index in [0.29, 0.717) is 29.6 Å². The van der Waals surface area contributed by atoms with Crippen molar-refractivity contribution in [2.24, 2.45) is 11.8 Å². The molecule has 7 rings (SSSR count). The van der Waals surface area contributed by atoms with E-state index in [9.17, 15) is 4.39 Å². The van der Waals surface area contributed by atoms with Crippen LogP contribution in [0.4, 0.5) is 20.3 Å². The first-order valence-corrected chi connectivity index (χ1v) is 13.5. The van der Waals surface area contributed by atoms with Crippen LogP contribution in [-0.2, 0) is 0 Å². The van der Waals surface area contributed by atoms with Crippen LogP contribution in [0.3, 0.4) is 0 Å². The first kappa shape index (κ1) is 23.1. The maximum Gasteiger partial charge on any atom is 0.319 e. The maximum atomic E-state index is 16.1. The summed E-state index contributed by atoms with van der Waals surface area (Å²) in [6, 6.07) is 4.52. The number of benzene rings is 1. The van der Waals surface area contributed by atoms with Crippen LogP contribution >= 0.6 is 0 Å². The molecule has 3 saturated heterocycles. The van der Waals surface area contributed by atoms with Gasteiger partial charge in [0.2, 0.25) is 0 Å². The summed E-state index contributed by atoms with van der Waals surface area (Å²) >= 11 is 0. The van der Waals surface area contributed by atoms with Crippen LogP contribution in [-0.4, -0.2) is 58.2 Å². The SMILES string of the molecule is Nc1c(F)cccc1-c1ncc2c(N3CC4CCC(C4)C3)nc(OCC34CCCN3CCC4)nc2c1F. The highest BCUT2D eigenvalue weighted by Gasteiger charge is 2.45. The van der Waals surface area contributed by atoms with Gasteiger partial charge in [0.05, 0.1) is 16.6 Å². The quantitative estimate of drug-likeness (QED) is 0.498. The zero-order valence-corrected chi connectivity index (χ0v) is 20.9. The van der Waals surface area contributed by atoms with Gasteiger partial charge in [0, 0.05) is 24.8 Å². The molecule has 3 aliphatic heterocycles. The van der Waals surface area contributed by atoms with E-state index in [1.165, 1.54) is 44.2 Å². The molecule has 37 heavy (non-hydrogen) atoms. The van der Waals surface area contributed by atoms with Gasteiger partial charge in [0.1, 0.15) is 29.5 Å². The number of nitrogens with two attached hydrogens (primary N) is 1. The molecule has 2 N–H and O–H groups in total. The Hall–Kier alpha value is -3.07. The third-order valence-electron chi connectivity index (χ3n) is 9.14. The topological polar surface area (TPSA) is 80.4 Å². The molecule has 3 aromatic rings. The highest BCUT2D eigenvalue weighted by molar-refractivity contribution is 5.93. The van der Waals surface area contributed by atoms with Gasteiger partial charge in [0.15, 0.2) is 5.82 Å². The predicted molar refractivity (Wildman–Crippen MR) is 138 cm³/mol. The van der Waals surface area contributed by atoms with Gasteiger partial charge in [-0.3, -0.25) is 9.88 Å². The second-order valence-electron chi connectivity index (χ2n) is 11.4. The van der Waals surface area contributed by atoms with Crippen LogP contribution in [0, 0.1) is 23.5 Å². The number of para-hydroxylation sites is 1. The third-order valence-corrected chi connectivity index (χ3v) is 9.14. The summed E-state index contributed by atoms with van der Waals surface area (Å²) in [7, 11) is 0. The summed E-state index contributed by atoms with van der Waals surface area (Å²) in [4.78, 5) is 18.6. The number of nitrogens with zero attached hydrogens (tertiary/aromatic N) is 5. The lowest BCUT2D eigenvalue weighted by atomic mass is 9.95. The Morgan fingerprint density at radius 1 is 1.05 bits per heavy atom. The Morgan fingerprint density at radius 2 is 1.81 bits per heavy atom. The zero-order valence-electron chi connectivity index (χ0n) is 20.9. The smallest absolute Gasteiger partial charge is 0.319 e. The summed E-state index contributed by atoms with van der Waals surface area (Å²) in [5, 5.41) is 0.548. The summed E-state index contributed by atoms with van der Waals surface area (Å²) < 4.78 is 36.6. The van der Waals surface area contributed by atoms with E-state index in [1.807, 2.05) is 0 Å². The minimum absolute atomic E-state index is 0.0184. The third kappa shape index (κ3) is 3.81. The van der Waals surface area contributed by atoms with Crippen LogP contribution in [0.1, 0.15) is 44.9 Å². The molecule has 4 fully saturated rings. The van der Waals surface area contributed by atoms with E-state index in [-0.39, 0.29) is 34.0 Å². The number of hydrogen-bond donors (Lipinski definition) is 1. The van der Waals surface area contributed by atoms with Crippen molar-refractivity contribution in [2.75, 3.05) is 43.4 Å². The molecule has 0 spiro atoms. The molecule has 1 aromatic carbocycles. The minimum atomic E-state index is -0.634. The predicted octanol–water partition coefficient (Wildman–Crippen LogP) is 4.80. The molecule has 7 nitrogen and oxygen atoms in total. The van der Waals surface area contributed by atoms with Crippen molar-refractivity contribution in [3.63, 3.8) is 0 Å². The van der Waals surface area contributed by atoms with Crippen molar-refractivity contribution >= 4 is 22.4 Å². The lowest BCUT2D eigenvalue weighted by molar-refractivity contribution is 0.108.